The lowest BCUT2D eigenvalue weighted by Crippen LogP contribution is -2.31. The molecule has 0 fully saturated rings. The summed E-state index contributed by atoms with van der Waals surface area (Å²) in [6, 6.07) is 10.8. The molecule has 27 heavy (non-hydrogen) atoms. The fraction of sp³-hybridized carbons (Fsp3) is 0.333. The molecule has 0 heterocycles. The van der Waals surface area contributed by atoms with Gasteiger partial charge in [-0.15, -0.1) is 0 Å². The van der Waals surface area contributed by atoms with Gasteiger partial charge in [-0.2, -0.15) is 0 Å². The monoisotopic (exact) mass is 371 g/mol. The molecule has 0 bridgehead atoms. The van der Waals surface area contributed by atoms with E-state index in [4.69, 9.17) is 14.6 Å². The second kappa shape index (κ2) is 9.07. The third-order valence-electron chi connectivity index (χ3n) is 4.07. The summed E-state index contributed by atoms with van der Waals surface area (Å²) < 4.78 is 10.8. The van der Waals surface area contributed by atoms with Gasteiger partial charge in [0.05, 0.1) is 6.04 Å². The Morgan fingerprint density at radius 3 is 2.15 bits per heavy atom. The summed E-state index contributed by atoms with van der Waals surface area (Å²) in [7, 11) is 0. The number of aliphatic carboxylic acids is 1. The van der Waals surface area contributed by atoms with Crippen LogP contribution < -0.4 is 14.8 Å². The molecule has 1 unspecified atom stereocenters. The number of carboxylic acids is 1. The summed E-state index contributed by atoms with van der Waals surface area (Å²) in [5.41, 5.74) is 4.05. The summed E-state index contributed by atoms with van der Waals surface area (Å²) in [4.78, 5) is 22.7. The van der Waals surface area contributed by atoms with Gasteiger partial charge in [0, 0.05) is 0 Å². The van der Waals surface area contributed by atoms with Crippen molar-refractivity contribution in [2.45, 2.75) is 33.7 Å². The lowest BCUT2D eigenvalue weighted by molar-refractivity contribution is -0.139. The van der Waals surface area contributed by atoms with Gasteiger partial charge in [-0.3, -0.25) is 4.79 Å². The predicted molar refractivity (Wildman–Crippen MR) is 102 cm³/mol. The Morgan fingerprint density at radius 2 is 1.59 bits per heavy atom. The number of rotatable bonds is 8. The van der Waals surface area contributed by atoms with E-state index in [0.29, 0.717) is 5.75 Å². The summed E-state index contributed by atoms with van der Waals surface area (Å²) in [6.07, 6.45) is 0. The van der Waals surface area contributed by atoms with Crippen molar-refractivity contribution in [2.24, 2.45) is 0 Å². The lowest BCUT2D eigenvalue weighted by atomic mass is 10.1. The molecule has 0 saturated heterocycles. The number of ether oxygens (including phenoxy) is 2. The molecule has 0 aromatic heterocycles. The summed E-state index contributed by atoms with van der Waals surface area (Å²) in [5, 5.41) is 11.5. The number of aryl methyl sites for hydroxylation is 3. The maximum atomic E-state index is 12.2. The number of nitrogens with one attached hydrogen (secondary N) is 1. The highest BCUT2D eigenvalue weighted by Crippen LogP contribution is 2.24. The highest BCUT2D eigenvalue weighted by Gasteiger charge is 2.12. The van der Waals surface area contributed by atoms with Crippen molar-refractivity contribution >= 4 is 11.9 Å². The van der Waals surface area contributed by atoms with Gasteiger partial charge in [0.2, 0.25) is 0 Å². The van der Waals surface area contributed by atoms with Gasteiger partial charge in [0.1, 0.15) is 11.5 Å². The molecule has 6 heteroatoms. The minimum Gasteiger partial charge on any atom is -0.483 e. The first kappa shape index (κ1) is 20.3. The minimum atomic E-state index is -1.03. The van der Waals surface area contributed by atoms with Crippen LogP contribution in [-0.4, -0.2) is 30.2 Å². The van der Waals surface area contributed by atoms with E-state index in [0.717, 1.165) is 28.0 Å². The molecular formula is C21H25NO5. The normalized spacial score (nSPS) is 11.6. The maximum Gasteiger partial charge on any atom is 0.341 e. The van der Waals surface area contributed by atoms with Gasteiger partial charge in [-0.1, -0.05) is 29.8 Å². The van der Waals surface area contributed by atoms with Gasteiger partial charge in [-0.25, -0.2) is 4.79 Å². The Balaban J connectivity index is 1.89. The Bertz CT molecular complexity index is 791. The molecule has 0 aliphatic heterocycles. The first-order valence-corrected chi connectivity index (χ1v) is 8.71. The zero-order valence-corrected chi connectivity index (χ0v) is 16.0. The van der Waals surface area contributed by atoms with Gasteiger partial charge >= 0.3 is 5.97 Å². The van der Waals surface area contributed by atoms with Crippen molar-refractivity contribution in [3.8, 4) is 11.5 Å². The Labute approximate surface area is 159 Å². The van der Waals surface area contributed by atoms with E-state index >= 15 is 0 Å². The van der Waals surface area contributed by atoms with Gasteiger partial charge < -0.3 is 19.9 Å². The number of carboxylic acid groups (broad SMARTS) is 1. The molecule has 2 aromatic rings. The number of carbonyl (C=O) groups excluding carboxylic acids is 1. The average Bonchev–Trinajstić information content (AvgIpc) is 2.59. The third kappa shape index (κ3) is 6.02. The first-order valence-electron chi connectivity index (χ1n) is 8.71. The Morgan fingerprint density at radius 1 is 1.00 bits per heavy atom. The standard InChI is InChI=1S/C21H25NO5/c1-13-9-14(2)21(15(3)10-13)27-11-19(23)22-16(4)17-5-7-18(8-6-17)26-12-20(24)25/h5-10,16H,11-12H2,1-4H3,(H,22,23)(H,24,25). The molecule has 1 amide bonds. The van der Waals surface area contributed by atoms with E-state index in [1.54, 1.807) is 24.3 Å². The van der Waals surface area contributed by atoms with E-state index in [9.17, 15) is 9.59 Å². The lowest BCUT2D eigenvalue weighted by Gasteiger charge is -2.17. The fourth-order valence-corrected chi connectivity index (χ4v) is 2.90. The van der Waals surface area contributed by atoms with Crippen LogP contribution in [0, 0.1) is 20.8 Å². The Hall–Kier alpha value is -3.02. The number of benzene rings is 2. The molecule has 144 valence electrons. The number of carbonyl (C=O) groups is 2. The molecule has 2 N–H and O–H groups in total. The van der Waals surface area contributed by atoms with Crippen LogP contribution in [0.15, 0.2) is 36.4 Å². The van der Waals surface area contributed by atoms with Crippen LogP contribution in [0.3, 0.4) is 0 Å². The SMILES string of the molecule is Cc1cc(C)c(OCC(=O)NC(C)c2ccc(OCC(=O)O)cc2)c(C)c1. The van der Waals surface area contributed by atoms with Crippen LogP contribution in [0.25, 0.3) is 0 Å². The van der Waals surface area contributed by atoms with Gasteiger partial charge in [-0.05, 0) is 56.5 Å². The maximum absolute atomic E-state index is 12.2. The van der Waals surface area contributed by atoms with Crippen LogP contribution in [0.1, 0.15) is 35.2 Å². The molecule has 6 nitrogen and oxygen atoms in total. The highest BCUT2D eigenvalue weighted by atomic mass is 16.5. The second-order valence-electron chi connectivity index (χ2n) is 6.56. The zero-order valence-electron chi connectivity index (χ0n) is 16.0. The van der Waals surface area contributed by atoms with Crippen LogP contribution in [0.5, 0.6) is 11.5 Å². The molecular weight excluding hydrogens is 346 g/mol. The second-order valence-corrected chi connectivity index (χ2v) is 6.56. The van der Waals surface area contributed by atoms with Crippen molar-refractivity contribution in [3.05, 3.63) is 58.7 Å². The van der Waals surface area contributed by atoms with E-state index < -0.39 is 5.97 Å². The molecule has 1 atom stereocenters. The van der Waals surface area contributed by atoms with Crippen LogP contribution in [-0.2, 0) is 9.59 Å². The predicted octanol–water partition coefficient (Wildman–Crippen LogP) is 3.33. The smallest absolute Gasteiger partial charge is 0.341 e. The molecule has 0 aliphatic rings. The highest BCUT2D eigenvalue weighted by molar-refractivity contribution is 5.78. The molecule has 0 spiro atoms. The number of amides is 1. The van der Waals surface area contributed by atoms with Crippen molar-refractivity contribution in [2.75, 3.05) is 13.2 Å². The largest absolute Gasteiger partial charge is 0.483 e. The van der Waals surface area contributed by atoms with Crippen molar-refractivity contribution < 1.29 is 24.2 Å². The minimum absolute atomic E-state index is 0.0606. The summed E-state index contributed by atoms with van der Waals surface area (Å²) in [5.74, 6) is -0.0384. The van der Waals surface area contributed by atoms with Crippen LogP contribution in [0.4, 0.5) is 0 Å². The molecule has 2 rings (SSSR count). The fourth-order valence-electron chi connectivity index (χ4n) is 2.90. The molecule has 0 aliphatic carbocycles. The van der Waals surface area contributed by atoms with Crippen molar-refractivity contribution in [1.29, 1.82) is 0 Å². The van der Waals surface area contributed by atoms with Crippen molar-refractivity contribution in [1.82, 2.24) is 5.32 Å². The number of hydrogen-bond acceptors (Lipinski definition) is 4. The Kier molecular flexibility index (Phi) is 6.82. The zero-order chi connectivity index (χ0) is 20.0. The van der Waals surface area contributed by atoms with E-state index in [-0.39, 0.29) is 25.2 Å². The van der Waals surface area contributed by atoms with E-state index in [2.05, 4.69) is 5.32 Å². The van der Waals surface area contributed by atoms with E-state index in [1.807, 2.05) is 39.8 Å². The van der Waals surface area contributed by atoms with Crippen LogP contribution >= 0.6 is 0 Å². The van der Waals surface area contributed by atoms with Gasteiger partial charge in [0.25, 0.3) is 5.91 Å². The van der Waals surface area contributed by atoms with Crippen molar-refractivity contribution in [3.63, 3.8) is 0 Å². The quantitative estimate of drug-likeness (QED) is 0.743. The average molecular weight is 371 g/mol. The topological polar surface area (TPSA) is 84.9 Å². The molecule has 2 aromatic carbocycles. The van der Waals surface area contributed by atoms with Gasteiger partial charge in [0.15, 0.2) is 13.2 Å². The third-order valence-corrected chi connectivity index (χ3v) is 4.07. The number of hydrogen-bond donors (Lipinski definition) is 2. The van der Waals surface area contributed by atoms with E-state index in [1.165, 1.54) is 0 Å². The first-order chi connectivity index (χ1) is 12.8. The molecule has 0 saturated carbocycles. The molecule has 0 radical (unpaired) electrons. The summed E-state index contributed by atoms with van der Waals surface area (Å²) in [6.45, 7) is 7.37. The van der Waals surface area contributed by atoms with Crippen LogP contribution in [0.2, 0.25) is 0 Å². The summed E-state index contributed by atoms with van der Waals surface area (Å²) >= 11 is 0.